The van der Waals surface area contributed by atoms with Crippen molar-refractivity contribution in [3.8, 4) is 11.5 Å². The Kier molecular flexibility index (Phi) is 4.72. The fourth-order valence-corrected chi connectivity index (χ4v) is 2.63. The van der Waals surface area contributed by atoms with Crippen LogP contribution in [0.3, 0.4) is 0 Å². The quantitative estimate of drug-likeness (QED) is 0.496. The lowest BCUT2D eigenvalue weighted by molar-refractivity contribution is -0.141. The van der Waals surface area contributed by atoms with Crippen molar-refractivity contribution in [1.82, 2.24) is 20.2 Å². The summed E-state index contributed by atoms with van der Waals surface area (Å²) in [4.78, 5) is 7.24. The Labute approximate surface area is 143 Å². The average Bonchev–Trinajstić information content (AvgIpc) is 3.02. The predicted octanol–water partition coefficient (Wildman–Crippen LogP) is 4.49. The Balaban J connectivity index is 1.71. The molecule has 2 aromatic heterocycles. The number of hydrogen-bond donors (Lipinski definition) is 0. The maximum atomic E-state index is 12.6. The minimum atomic E-state index is -4.51. The second kappa shape index (κ2) is 6.78. The third-order valence-corrected chi connectivity index (χ3v) is 4.00. The summed E-state index contributed by atoms with van der Waals surface area (Å²) in [5.41, 5.74) is -0.416. The molecule has 5 nitrogen and oxygen atoms in total. The van der Waals surface area contributed by atoms with Gasteiger partial charge in [0.05, 0.1) is 16.3 Å². The van der Waals surface area contributed by atoms with Crippen LogP contribution in [0.15, 0.2) is 46.1 Å². The molecule has 0 aliphatic carbocycles. The number of rotatable bonds is 4. The molecule has 0 amide bonds. The summed E-state index contributed by atoms with van der Waals surface area (Å²) in [5, 5.41) is 8.16. The molecule has 124 valence electrons. The van der Waals surface area contributed by atoms with Gasteiger partial charge in [-0.2, -0.15) is 13.2 Å². The Morgan fingerprint density at radius 3 is 2.67 bits per heavy atom. The molecular formula is C14H8ClF3N4OS. The molecule has 0 aliphatic rings. The van der Waals surface area contributed by atoms with Crippen LogP contribution in [0.25, 0.3) is 11.5 Å². The molecule has 0 spiro atoms. The second-order valence-electron chi connectivity index (χ2n) is 4.49. The van der Waals surface area contributed by atoms with Gasteiger partial charge >= 0.3 is 6.18 Å². The maximum Gasteiger partial charge on any atom is 0.433 e. The zero-order valence-corrected chi connectivity index (χ0v) is 13.4. The molecule has 3 rings (SSSR count). The molecule has 0 atom stereocenters. The number of hydrogen-bond acceptors (Lipinski definition) is 6. The number of thioether (sulfide) groups is 1. The van der Waals surface area contributed by atoms with Gasteiger partial charge in [-0.3, -0.25) is 0 Å². The van der Waals surface area contributed by atoms with E-state index in [-0.39, 0.29) is 22.7 Å². The monoisotopic (exact) mass is 372 g/mol. The van der Waals surface area contributed by atoms with Gasteiger partial charge in [-0.05, 0) is 18.2 Å². The summed E-state index contributed by atoms with van der Waals surface area (Å²) >= 11 is 7.01. The number of alkyl halides is 3. The Morgan fingerprint density at radius 1 is 1.12 bits per heavy atom. The van der Waals surface area contributed by atoms with E-state index in [1.807, 2.05) is 0 Å². The third-order valence-electron chi connectivity index (χ3n) is 2.82. The molecule has 0 bridgehead atoms. The maximum absolute atomic E-state index is 12.6. The van der Waals surface area contributed by atoms with Crippen LogP contribution in [0.1, 0.15) is 11.6 Å². The van der Waals surface area contributed by atoms with E-state index in [1.54, 1.807) is 24.3 Å². The molecule has 0 aliphatic heterocycles. The number of halogens is 4. The van der Waals surface area contributed by atoms with Gasteiger partial charge in [0.15, 0.2) is 5.16 Å². The van der Waals surface area contributed by atoms with E-state index in [1.165, 1.54) is 0 Å². The summed E-state index contributed by atoms with van der Waals surface area (Å²) < 4.78 is 43.3. The van der Waals surface area contributed by atoms with Crippen LogP contribution in [0.5, 0.6) is 0 Å². The van der Waals surface area contributed by atoms with Gasteiger partial charge in [-0.15, -0.1) is 10.2 Å². The predicted molar refractivity (Wildman–Crippen MR) is 81.3 cm³/mol. The molecule has 0 saturated heterocycles. The standard InChI is InChI=1S/C14H8ClF3N4OS/c15-9-4-2-1-3-8(9)12-22-21-11(23-12)7-24-13-19-6-5-10(20-13)14(16,17)18/h1-6H,7H2. The molecule has 3 aromatic rings. The normalized spacial score (nSPS) is 11.7. The fraction of sp³-hybridized carbons (Fsp3) is 0.143. The van der Waals surface area contributed by atoms with Gasteiger partial charge in [-0.1, -0.05) is 35.5 Å². The van der Waals surface area contributed by atoms with Crippen LogP contribution in [0.4, 0.5) is 13.2 Å². The summed E-state index contributed by atoms with van der Waals surface area (Å²) in [5.74, 6) is 0.607. The van der Waals surface area contributed by atoms with Gasteiger partial charge in [0.1, 0.15) is 5.69 Å². The molecule has 0 fully saturated rings. The largest absolute Gasteiger partial charge is 0.433 e. The van der Waals surface area contributed by atoms with Gasteiger partial charge in [0, 0.05) is 6.20 Å². The van der Waals surface area contributed by atoms with Crippen LogP contribution in [0, 0.1) is 0 Å². The van der Waals surface area contributed by atoms with Crippen molar-refractivity contribution in [1.29, 1.82) is 0 Å². The highest BCUT2D eigenvalue weighted by atomic mass is 35.5. The van der Waals surface area contributed by atoms with Gasteiger partial charge in [0.2, 0.25) is 11.8 Å². The minimum Gasteiger partial charge on any atom is -0.420 e. The summed E-state index contributed by atoms with van der Waals surface area (Å²) in [6, 6.07) is 7.77. The minimum absolute atomic E-state index is 0.0256. The molecule has 0 unspecified atom stereocenters. The van der Waals surface area contributed by atoms with E-state index < -0.39 is 11.9 Å². The van der Waals surface area contributed by atoms with Crippen molar-refractivity contribution in [2.75, 3.05) is 0 Å². The van der Waals surface area contributed by atoms with Gasteiger partial charge in [-0.25, -0.2) is 9.97 Å². The van der Waals surface area contributed by atoms with Crippen LogP contribution in [0.2, 0.25) is 5.02 Å². The number of benzene rings is 1. The van der Waals surface area contributed by atoms with Crippen molar-refractivity contribution in [3.63, 3.8) is 0 Å². The Morgan fingerprint density at radius 2 is 1.92 bits per heavy atom. The summed E-state index contributed by atoms with van der Waals surface area (Å²) in [6.45, 7) is 0. The van der Waals surface area contributed by atoms with Crippen LogP contribution in [-0.4, -0.2) is 20.2 Å². The zero-order valence-electron chi connectivity index (χ0n) is 11.8. The molecule has 24 heavy (non-hydrogen) atoms. The average molecular weight is 373 g/mol. The molecule has 0 saturated carbocycles. The molecule has 1 aromatic carbocycles. The van der Waals surface area contributed by atoms with Crippen LogP contribution in [-0.2, 0) is 11.9 Å². The lowest BCUT2D eigenvalue weighted by Gasteiger charge is -2.05. The molecule has 10 heteroatoms. The first-order chi connectivity index (χ1) is 11.4. The van der Waals surface area contributed by atoms with E-state index >= 15 is 0 Å². The van der Waals surface area contributed by atoms with E-state index in [0.29, 0.717) is 10.6 Å². The Hall–Kier alpha value is -2.13. The van der Waals surface area contributed by atoms with Crippen molar-refractivity contribution in [2.45, 2.75) is 17.1 Å². The summed E-state index contributed by atoms with van der Waals surface area (Å²) in [6.07, 6.45) is -3.46. The first-order valence-electron chi connectivity index (χ1n) is 6.54. The van der Waals surface area contributed by atoms with Crippen LogP contribution >= 0.6 is 23.4 Å². The first kappa shape index (κ1) is 16.7. The highest BCUT2D eigenvalue weighted by molar-refractivity contribution is 7.98. The van der Waals surface area contributed by atoms with Crippen molar-refractivity contribution in [3.05, 3.63) is 53.1 Å². The second-order valence-corrected chi connectivity index (χ2v) is 5.84. The molecular weight excluding hydrogens is 365 g/mol. The highest BCUT2D eigenvalue weighted by Gasteiger charge is 2.32. The van der Waals surface area contributed by atoms with Crippen molar-refractivity contribution in [2.24, 2.45) is 0 Å². The molecule has 0 N–H and O–H groups in total. The lowest BCUT2D eigenvalue weighted by Crippen LogP contribution is -2.08. The first-order valence-corrected chi connectivity index (χ1v) is 7.90. The van der Waals surface area contributed by atoms with E-state index in [4.69, 9.17) is 16.0 Å². The third kappa shape index (κ3) is 3.85. The van der Waals surface area contributed by atoms with Crippen molar-refractivity contribution >= 4 is 23.4 Å². The van der Waals surface area contributed by atoms with E-state index in [2.05, 4.69) is 20.2 Å². The highest BCUT2D eigenvalue weighted by Crippen LogP contribution is 2.30. The van der Waals surface area contributed by atoms with E-state index in [0.717, 1.165) is 24.0 Å². The molecule has 0 radical (unpaired) electrons. The SMILES string of the molecule is FC(F)(F)c1ccnc(SCc2nnc(-c3ccccc3Cl)o2)n1. The van der Waals surface area contributed by atoms with Crippen molar-refractivity contribution < 1.29 is 17.6 Å². The number of aromatic nitrogens is 4. The topological polar surface area (TPSA) is 64.7 Å². The fourth-order valence-electron chi connectivity index (χ4n) is 1.75. The van der Waals surface area contributed by atoms with Crippen LogP contribution < -0.4 is 0 Å². The smallest absolute Gasteiger partial charge is 0.420 e. The lowest BCUT2D eigenvalue weighted by atomic mass is 10.2. The summed E-state index contributed by atoms with van der Waals surface area (Å²) in [7, 11) is 0. The Bertz CT molecular complexity index is 856. The van der Waals surface area contributed by atoms with Gasteiger partial charge in [0.25, 0.3) is 0 Å². The molecule has 2 heterocycles. The zero-order chi connectivity index (χ0) is 17.2. The number of nitrogens with zero attached hydrogens (tertiary/aromatic N) is 4. The van der Waals surface area contributed by atoms with Gasteiger partial charge < -0.3 is 4.42 Å². The van der Waals surface area contributed by atoms with E-state index in [9.17, 15) is 13.2 Å².